The largest absolute Gasteiger partial charge is 0.497 e. The average Bonchev–Trinajstić information content (AvgIpc) is 3.27. The first-order valence-corrected chi connectivity index (χ1v) is 19.0. The van der Waals surface area contributed by atoms with Gasteiger partial charge in [0, 0.05) is 11.9 Å². The van der Waals surface area contributed by atoms with Gasteiger partial charge in [0.2, 0.25) is 0 Å². The first kappa shape index (κ1) is 29.4. The minimum absolute atomic E-state index is 0.169. The first-order chi connectivity index (χ1) is 17.6. The fraction of sp³-hybridized carbons (Fsp3) is 0.758. The van der Waals surface area contributed by atoms with Crippen molar-refractivity contribution in [3.8, 4) is 5.75 Å². The number of rotatable bonds is 11. The minimum atomic E-state index is -1.11. The second kappa shape index (κ2) is 11.9. The Labute approximate surface area is 238 Å². The van der Waals surface area contributed by atoms with Crippen molar-refractivity contribution in [2.75, 3.05) is 19.0 Å². The van der Waals surface area contributed by atoms with E-state index in [0.717, 1.165) is 24.1 Å². The van der Waals surface area contributed by atoms with Gasteiger partial charge in [-0.15, -0.1) is 6.58 Å². The van der Waals surface area contributed by atoms with Crippen LogP contribution in [0, 0.1) is 34.0 Å². The van der Waals surface area contributed by atoms with Crippen molar-refractivity contribution in [3.05, 3.63) is 42.0 Å². The van der Waals surface area contributed by atoms with E-state index in [0.29, 0.717) is 29.1 Å². The fourth-order valence-electron chi connectivity index (χ4n) is 9.33. The van der Waals surface area contributed by atoms with Crippen LogP contribution in [0.5, 0.6) is 5.75 Å². The summed E-state index contributed by atoms with van der Waals surface area (Å²) in [7, 11) is 0.685. The van der Waals surface area contributed by atoms with Gasteiger partial charge in [0.05, 0.1) is 7.11 Å². The lowest BCUT2D eigenvalue weighted by Gasteiger charge is -2.63. The van der Waals surface area contributed by atoms with E-state index in [1.165, 1.54) is 63.4 Å². The number of hydrogen-bond acceptors (Lipinski definition) is 2. The zero-order valence-electron chi connectivity index (χ0n) is 24.6. The number of unbranched alkanes of at least 4 members (excludes halogenated alkanes) is 3. The van der Waals surface area contributed by atoms with Crippen molar-refractivity contribution in [2.24, 2.45) is 34.0 Å². The number of allylic oxidation sites excluding steroid dienone is 1. The molecule has 2 nitrogen and oxygen atoms in total. The smallest absolute Gasteiger partial charge is 0.170 e. The third-order valence-electron chi connectivity index (χ3n) is 10.6. The summed E-state index contributed by atoms with van der Waals surface area (Å²) in [4.78, 5) is 0. The molecule has 208 valence electrons. The highest BCUT2D eigenvalue weighted by Gasteiger charge is 2.66. The molecule has 0 aromatic heterocycles. The van der Waals surface area contributed by atoms with E-state index < -0.39 is 9.04 Å². The van der Waals surface area contributed by atoms with Crippen molar-refractivity contribution in [1.29, 1.82) is 0 Å². The van der Waals surface area contributed by atoms with Crippen LogP contribution in [0.2, 0.25) is 13.1 Å². The Morgan fingerprint density at radius 2 is 1.89 bits per heavy atom. The summed E-state index contributed by atoms with van der Waals surface area (Å²) in [5.74, 6) is 3.64. The molecule has 3 aliphatic carbocycles. The quantitative estimate of drug-likeness (QED) is 0.111. The van der Waals surface area contributed by atoms with Crippen molar-refractivity contribution in [1.82, 2.24) is 0 Å². The topological polar surface area (TPSA) is 18.5 Å². The molecule has 2 saturated carbocycles. The highest BCUT2D eigenvalue weighted by atomic mass is 79.9. The number of fused-ring (bicyclic) bond motifs is 5. The minimum Gasteiger partial charge on any atom is -0.497 e. The van der Waals surface area contributed by atoms with Crippen molar-refractivity contribution in [3.63, 3.8) is 0 Å². The molecule has 4 rings (SSSR count). The van der Waals surface area contributed by atoms with Crippen LogP contribution in [0.1, 0.15) is 95.6 Å². The standard InChI is InChI=1S/C33H53BrO2Si/c1-8-32-19-18-24-21-26(35-5)14-15-27(24)30(32)25(13-11-9-10-12-20-34)22-33(23-36-37(6)7)28(31(2,3)4)16-17-29(32)33/h8,14-15,21,25,28-30,37H,1,9-13,16-20,22-23H2,2-7H3/t25-,28+,29-,30+,32-,33-/m0/s1. The molecule has 3 aliphatic rings. The Kier molecular flexibility index (Phi) is 9.44. The Morgan fingerprint density at radius 3 is 2.54 bits per heavy atom. The maximum Gasteiger partial charge on any atom is 0.170 e. The predicted molar refractivity (Wildman–Crippen MR) is 165 cm³/mol. The lowest BCUT2D eigenvalue weighted by atomic mass is 9.42. The fourth-order valence-corrected chi connectivity index (χ4v) is 10.4. The molecule has 37 heavy (non-hydrogen) atoms. The SMILES string of the molecule is C=C[C@@]12CCc3cc(OC)ccc3[C@H]1[C@@H](CCCCCCBr)C[C@]1(CO[SiH](C)C)[C@@H](C(C)(C)C)CC[C@@H]21. The molecule has 6 atom stereocenters. The first-order valence-electron chi connectivity index (χ1n) is 15.1. The summed E-state index contributed by atoms with van der Waals surface area (Å²) in [5, 5.41) is 1.13. The van der Waals surface area contributed by atoms with Gasteiger partial charge in [0.1, 0.15) is 5.75 Å². The lowest BCUT2D eigenvalue weighted by Crippen LogP contribution is -2.57. The molecular weight excluding hydrogens is 536 g/mol. The summed E-state index contributed by atoms with van der Waals surface area (Å²) >= 11 is 3.63. The molecule has 0 unspecified atom stereocenters. The number of halogens is 1. The molecule has 1 aromatic carbocycles. The molecule has 2 fully saturated rings. The molecule has 0 heterocycles. The van der Waals surface area contributed by atoms with Crippen molar-refractivity contribution in [2.45, 2.75) is 104 Å². The van der Waals surface area contributed by atoms with Crippen LogP contribution in [0.15, 0.2) is 30.9 Å². The van der Waals surface area contributed by atoms with Crippen LogP contribution >= 0.6 is 15.9 Å². The lowest BCUT2D eigenvalue weighted by molar-refractivity contribution is -0.108. The third-order valence-corrected chi connectivity index (χ3v) is 11.9. The van der Waals surface area contributed by atoms with Gasteiger partial charge in [-0.1, -0.05) is 68.1 Å². The van der Waals surface area contributed by atoms with Gasteiger partial charge >= 0.3 is 0 Å². The highest BCUT2D eigenvalue weighted by Crippen LogP contribution is 2.73. The second-order valence-corrected chi connectivity index (χ2v) is 17.1. The summed E-state index contributed by atoms with van der Waals surface area (Å²) in [5.41, 5.74) is 3.86. The number of aryl methyl sites for hydroxylation is 1. The van der Waals surface area contributed by atoms with Gasteiger partial charge in [-0.3, -0.25) is 0 Å². The Hall–Kier alpha value is -0.583. The van der Waals surface area contributed by atoms with Gasteiger partial charge in [-0.05, 0) is 121 Å². The summed E-state index contributed by atoms with van der Waals surface area (Å²) in [6, 6.07) is 6.97. The van der Waals surface area contributed by atoms with Gasteiger partial charge in [-0.2, -0.15) is 0 Å². The predicted octanol–water partition coefficient (Wildman–Crippen LogP) is 9.32. The van der Waals surface area contributed by atoms with Crippen LogP contribution in [-0.4, -0.2) is 28.1 Å². The van der Waals surface area contributed by atoms with Crippen LogP contribution in [-0.2, 0) is 10.8 Å². The van der Waals surface area contributed by atoms with E-state index >= 15 is 0 Å². The van der Waals surface area contributed by atoms with Gasteiger partial charge in [-0.25, -0.2) is 0 Å². The Bertz CT molecular complexity index is 923. The average molecular weight is 590 g/mol. The van der Waals surface area contributed by atoms with E-state index in [1.54, 1.807) is 12.7 Å². The second-order valence-electron chi connectivity index (χ2n) is 13.9. The molecule has 0 saturated heterocycles. The normalized spacial score (nSPS) is 33.1. The maximum atomic E-state index is 6.77. The van der Waals surface area contributed by atoms with Crippen molar-refractivity contribution >= 4 is 25.0 Å². The summed E-state index contributed by atoms with van der Waals surface area (Å²) < 4.78 is 12.4. The summed E-state index contributed by atoms with van der Waals surface area (Å²) in [6.07, 6.45) is 15.5. The van der Waals surface area contributed by atoms with E-state index in [2.05, 4.69) is 80.6 Å². The molecule has 0 aliphatic heterocycles. The maximum absolute atomic E-state index is 6.77. The molecule has 1 aromatic rings. The van der Waals surface area contributed by atoms with Crippen LogP contribution in [0.25, 0.3) is 0 Å². The van der Waals surface area contributed by atoms with E-state index in [9.17, 15) is 0 Å². The van der Waals surface area contributed by atoms with Crippen LogP contribution in [0.3, 0.4) is 0 Å². The number of alkyl halides is 1. The molecule has 0 N–H and O–H groups in total. The zero-order chi connectivity index (χ0) is 26.8. The van der Waals surface area contributed by atoms with Crippen LogP contribution in [0.4, 0.5) is 0 Å². The number of methoxy groups -OCH3 is 1. The molecule has 0 amide bonds. The van der Waals surface area contributed by atoms with Crippen LogP contribution < -0.4 is 4.74 Å². The third kappa shape index (κ3) is 5.55. The monoisotopic (exact) mass is 588 g/mol. The Balaban J connectivity index is 1.80. The van der Waals surface area contributed by atoms with E-state index in [4.69, 9.17) is 9.16 Å². The number of benzene rings is 1. The molecule has 4 heteroatoms. The van der Waals surface area contributed by atoms with Crippen molar-refractivity contribution < 1.29 is 9.16 Å². The van der Waals surface area contributed by atoms with E-state index in [1.807, 2.05) is 0 Å². The number of hydrogen-bond donors (Lipinski definition) is 0. The molecule has 0 radical (unpaired) electrons. The summed E-state index contributed by atoms with van der Waals surface area (Å²) in [6.45, 7) is 17.8. The van der Waals surface area contributed by atoms with Gasteiger partial charge < -0.3 is 9.16 Å². The molecular formula is C33H53BrO2Si. The van der Waals surface area contributed by atoms with Gasteiger partial charge in [0.15, 0.2) is 9.04 Å². The van der Waals surface area contributed by atoms with E-state index in [-0.39, 0.29) is 10.8 Å². The number of ether oxygens (including phenoxy) is 1. The zero-order valence-corrected chi connectivity index (χ0v) is 27.3. The molecule has 0 bridgehead atoms. The molecule has 0 spiro atoms. The highest BCUT2D eigenvalue weighted by molar-refractivity contribution is 9.09. The Morgan fingerprint density at radius 1 is 1.14 bits per heavy atom. The van der Waals surface area contributed by atoms with Gasteiger partial charge in [0.25, 0.3) is 0 Å².